The van der Waals surface area contributed by atoms with Crippen molar-refractivity contribution in [3.63, 3.8) is 0 Å². The highest BCUT2D eigenvalue weighted by atomic mass is 32.2. The Bertz CT molecular complexity index is 743. The van der Waals surface area contributed by atoms with Gasteiger partial charge in [-0.05, 0) is 17.7 Å². The Morgan fingerprint density at radius 3 is 2.19 bits per heavy atom. The van der Waals surface area contributed by atoms with Gasteiger partial charge in [-0.25, -0.2) is 8.42 Å². The van der Waals surface area contributed by atoms with Crippen LogP contribution in [0.3, 0.4) is 0 Å². The van der Waals surface area contributed by atoms with E-state index in [0.717, 1.165) is 11.8 Å². The van der Waals surface area contributed by atoms with E-state index in [4.69, 9.17) is 5.73 Å². The number of primary amides is 1. The molecule has 0 aliphatic rings. The number of para-hydroxylation sites is 1. The number of amides is 1. The molecule has 0 aromatic heterocycles. The van der Waals surface area contributed by atoms with Crippen LogP contribution in [0.25, 0.3) is 0 Å². The van der Waals surface area contributed by atoms with Gasteiger partial charge >= 0.3 is 0 Å². The fourth-order valence-electron chi connectivity index (χ4n) is 2.03. The van der Waals surface area contributed by atoms with Crippen LogP contribution in [-0.4, -0.2) is 20.6 Å². The summed E-state index contributed by atoms with van der Waals surface area (Å²) in [6.45, 7) is 0.143. The lowest BCUT2D eigenvalue weighted by molar-refractivity contribution is 0.100. The molecule has 110 valence electrons. The summed E-state index contributed by atoms with van der Waals surface area (Å²) in [5.41, 5.74) is 6.62. The van der Waals surface area contributed by atoms with Crippen molar-refractivity contribution in [2.75, 3.05) is 10.6 Å². The van der Waals surface area contributed by atoms with Gasteiger partial charge in [0.25, 0.3) is 5.91 Å². The predicted molar refractivity (Wildman–Crippen MR) is 82.4 cm³/mol. The molecule has 0 radical (unpaired) electrons. The van der Waals surface area contributed by atoms with Crippen molar-refractivity contribution in [3.8, 4) is 0 Å². The lowest BCUT2D eigenvalue weighted by atomic mass is 10.1. The second-order valence-electron chi connectivity index (χ2n) is 4.64. The van der Waals surface area contributed by atoms with Crippen LogP contribution in [0.2, 0.25) is 0 Å². The summed E-state index contributed by atoms with van der Waals surface area (Å²) >= 11 is 0. The molecule has 0 aliphatic heterocycles. The van der Waals surface area contributed by atoms with Crippen molar-refractivity contribution in [1.82, 2.24) is 0 Å². The van der Waals surface area contributed by atoms with Crippen LogP contribution < -0.4 is 10.0 Å². The highest BCUT2D eigenvalue weighted by molar-refractivity contribution is 7.92. The van der Waals surface area contributed by atoms with Gasteiger partial charge in [0.1, 0.15) is 0 Å². The number of rotatable bonds is 5. The maximum Gasteiger partial charge on any atom is 0.250 e. The molecule has 0 atom stereocenters. The highest BCUT2D eigenvalue weighted by Crippen LogP contribution is 2.24. The van der Waals surface area contributed by atoms with Crippen molar-refractivity contribution in [2.24, 2.45) is 5.73 Å². The van der Waals surface area contributed by atoms with Gasteiger partial charge in [0, 0.05) is 0 Å². The molecule has 0 saturated carbocycles. The van der Waals surface area contributed by atoms with Gasteiger partial charge in [-0.15, -0.1) is 0 Å². The second kappa shape index (κ2) is 5.97. The zero-order valence-corrected chi connectivity index (χ0v) is 12.4. The van der Waals surface area contributed by atoms with Gasteiger partial charge in [0.15, 0.2) is 0 Å². The van der Waals surface area contributed by atoms with E-state index in [1.807, 2.05) is 30.3 Å². The summed E-state index contributed by atoms with van der Waals surface area (Å²) in [5.74, 6) is -0.660. The quantitative estimate of drug-likeness (QED) is 0.914. The zero-order chi connectivity index (χ0) is 15.5. The fraction of sp³-hybridized carbons (Fsp3) is 0.133. The molecule has 2 aromatic carbocycles. The van der Waals surface area contributed by atoms with Crippen molar-refractivity contribution < 1.29 is 13.2 Å². The van der Waals surface area contributed by atoms with E-state index in [9.17, 15) is 13.2 Å². The molecule has 21 heavy (non-hydrogen) atoms. The fourth-order valence-corrected chi connectivity index (χ4v) is 2.93. The Balaban J connectivity index is 2.50. The minimum atomic E-state index is -3.55. The lowest BCUT2D eigenvalue weighted by Gasteiger charge is -2.24. The van der Waals surface area contributed by atoms with E-state index < -0.39 is 15.9 Å². The number of sulfonamides is 1. The van der Waals surface area contributed by atoms with Crippen molar-refractivity contribution >= 4 is 21.6 Å². The smallest absolute Gasteiger partial charge is 0.250 e. The first-order valence-corrected chi connectivity index (χ1v) is 8.15. The first-order valence-electron chi connectivity index (χ1n) is 6.30. The van der Waals surface area contributed by atoms with Gasteiger partial charge in [0.2, 0.25) is 10.0 Å². The molecule has 0 heterocycles. The number of carbonyl (C=O) groups excluding carboxylic acids is 1. The Hall–Kier alpha value is -2.34. The van der Waals surface area contributed by atoms with Crippen LogP contribution in [0.15, 0.2) is 54.6 Å². The van der Waals surface area contributed by atoms with Crippen LogP contribution in [0.4, 0.5) is 5.69 Å². The maximum atomic E-state index is 12.1. The minimum Gasteiger partial charge on any atom is -0.366 e. The molecule has 6 heteroatoms. The first kappa shape index (κ1) is 15.1. The first-order chi connectivity index (χ1) is 9.89. The number of hydrogen-bond donors (Lipinski definition) is 1. The Labute approximate surface area is 124 Å². The molecule has 2 rings (SSSR count). The molecule has 0 aliphatic carbocycles. The largest absolute Gasteiger partial charge is 0.366 e. The predicted octanol–water partition coefficient (Wildman–Crippen LogP) is 1.75. The number of hydrogen-bond acceptors (Lipinski definition) is 3. The Kier molecular flexibility index (Phi) is 4.28. The summed E-state index contributed by atoms with van der Waals surface area (Å²) in [4.78, 5) is 11.5. The maximum absolute atomic E-state index is 12.1. The van der Waals surface area contributed by atoms with E-state index in [0.29, 0.717) is 0 Å². The number of nitrogens with zero attached hydrogens (tertiary/aromatic N) is 1. The third-order valence-corrected chi connectivity index (χ3v) is 4.13. The standard InChI is InChI=1S/C15H16N2O3S/c1-21(19,20)17(11-12-7-3-2-4-8-12)14-10-6-5-9-13(14)15(16)18/h2-10H,11H2,1H3,(H2,16,18). The SMILES string of the molecule is CS(=O)(=O)N(Cc1ccccc1)c1ccccc1C(N)=O. The minimum absolute atomic E-state index is 0.143. The lowest BCUT2D eigenvalue weighted by Crippen LogP contribution is -2.31. The van der Waals surface area contributed by atoms with E-state index in [1.54, 1.807) is 18.2 Å². The molecule has 0 unspecified atom stereocenters. The third-order valence-electron chi connectivity index (χ3n) is 3.01. The topological polar surface area (TPSA) is 80.5 Å². The third kappa shape index (κ3) is 3.61. The van der Waals surface area contributed by atoms with Gasteiger partial charge in [0.05, 0.1) is 24.1 Å². The molecule has 1 amide bonds. The van der Waals surface area contributed by atoms with Crippen LogP contribution >= 0.6 is 0 Å². The average Bonchev–Trinajstić information content (AvgIpc) is 2.44. The van der Waals surface area contributed by atoms with Crippen molar-refractivity contribution in [1.29, 1.82) is 0 Å². The monoisotopic (exact) mass is 304 g/mol. The van der Waals surface area contributed by atoms with Crippen molar-refractivity contribution in [2.45, 2.75) is 6.54 Å². The molecular weight excluding hydrogens is 288 g/mol. The summed E-state index contributed by atoms with van der Waals surface area (Å²) in [7, 11) is -3.55. The number of carbonyl (C=O) groups is 1. The Morgan fingerprint density at radius 2 is 1.62 bits per heavy atom. The Morgan fingerprint density at radius 1 is 1.05 bits per heavy atom. The van der Waals surface area contributed by atoms with Crippen LogP contribution in [0, 0.1) is 0 Å². The molecular formula is C15H16N2O3S. The number of benzene rings is 2. The summed E-state index contributed by atoms with van der Waals surface area (Å²) < 4.78 is 25.4. The van der Waals surface area contributed by atoms with Gasteiger partial charge < -0.3 is 5.73 Å². The second-order valence-corrected chi connectivity index (χ2v) is 6.54. The molecule has 2 N–H and O–H groups in total. The van der Waals surface area contributed by atoms with E-state index in [2.05, 4.69) is 0 Å². The number of anilines is 1. The number of nitrogens with two attached hydrogens (primary N) is 1. The summed E-state index contributed by atoms with van der Waals surface area (Å²) in [6, 6.07) is 15.6. The highest BCUT2D eigenvalue weighted by Gasteiger charge is 2.22. The van der Waals surface area contributed by atoms with E-state index in [-0.39, 0.29) is 17.8 Å². The van der Waals surface area contributed by atoms with Gasteiger partial charge in [-0.2, -0.15) is 0 Å². The van der Waals surface area contributed by atoms with Gasteiger partial charge in [-0.1, -0.05) is 42.5 Å². The molecule has 0 saturated heterocycles. The molecule has 0 fully saturated rings. The van der Waals surface area contributed by atoms with Crippen LogP contribution in [0.5, 0.6) is 0 Å². The average molecular weight is 304 g/mol. The van der Waals surface area contributed by atoms with E-state index in [1.165, 1.54) is 10.4 Å². The van der Waals surface area contributed by atoms with Crippen LogP contribution in [0.1, 0.15) is 15.9 Å². The van der Waals surface area contributed by atoms with Crippen LogP contribution in [-0.2, 0) is 16.6 Å². The zero-order valence-electron chi connectivity index (χ0n) is 11.6. The van der Waals surface area contributed by atoms with Crippen molar-refractivity contribution in [3.05, 3.63) is 65.7 Å². The molecule has 0 bridgehead atoms. The normalized spacial score (nSPS) is 11.1. The van der Waals surface area contributed by atoms with E-state index >= 15 is 0 Å². The van der Waals surface area contributed by atoms with Gasteiger partial charge in [-0.3, -0.25) is 9.10 Å². The summed E-state index contributed by atoms with van der Waals surface area (Å²) in [6.07, 6.45) is 1.10. The molecule has 0 spiro atoms. The molecule has 2 aromatic rings. The summed E-state index contributed by atoms with van der Waals surface area (Å²) in [5, 5.41) is 0. The molecule has 5 nitrogen and oxygen atoms in total.